The van der Waals surface area contributed by atoms with Gasteiger partial charge in [0, 0.05) is 19.6 Å². The van der Waals surface area contributed by atoms with Crippen LogP contribution in [0.4, 0.5) is 0 Å². The zero-order chi connectivity index (χ0) is 15.4. The molecule has 0 spiro atoms. The first-order valence-electron chi connectivity index (χ1n) is 8.02. The molecule has 0 aliphatic heterocycles. The van der Waals surface area contributed by atoms with Gasteiger partial charge in [-0.15, -0.1) is 0 Å². The minimum Gasteiger partial charge on any atom is -0.381 e. The van der Waals surface area contributed by atoms with E-state index in [2.05, 4.69) is 18.3 Å². The van der Waals surface area contributed by atoms with Crippen LogP contribution in [0, 0.1) is 11.3 Å². The average Bonchev–Trinajstić information content (AvgIpc) is 2.55. The van der Waals surface area contributed by atoms with E-state index in [1.165, 1.54) is 25.7 Å². The Labute approximate surface area is 129 Å². The second kappa shape index (κ2) is 10.4. The minimum atomic E-state index is -0.649. The van der Waals surface area contributed by atoms with E-state index >= 15 is 0 Å². The zero-order valence-electron chi connectivity index (χ0n) is 13.4. The third-order valence-corrected chi connectivity index (χ3v) is 3.90. The minimum absolute atomic E-state index is 0.608. The van der Waals surface area contributed by atoms with Crippen LogP contribution in [0.3, 0.4) is 0 Å². The molecule has 0 aliphatic carbocycles. The molecule has 1 atom stereocenters. The molecule has 1 rings (SSSR count). The Morgan fingerprint density at radius 2 is 1.81 bits per heavy atom. The van der Waals surface area contributed by atoms with Gasteiger partial charge in [0.25, 0.3) is 0 Å². The van der Waals surface area contributed by atoms with Crippen molar-refractivity contribution in [2.75, 3.05) is 20.3 Å². The summed E-state index contributed by atoms with van der Waals surface area (Å²) in [6.45, 7) is 3.63. The van der Waals surface area contributed by atoms with Crippen LogP contribution in [-0.2, 0) is 10.3 Å². The van der Waals surface area contributed by atoms with Crippen molar-refractivity contribution >= 4 is 0 Å². The maximum Gasteiger partial charge on any atom is 0.134 e. The fourth-order valence-corrected chi connectivity index (χ4v) is 2.45. The van der Waals surface area contributed by atoms with Crippen LogP contribution in [0.25, 0.3) is 0 Å². The molecule has 3 heteroatoms. The summed E-state index contributed by atoms with van der Waals surface area (Å²) in [5, 5.41) is 12.7. The van der Waals surface area contributed by atoms with E-state index < -0.39 is 5.54 Å². The molecule has 1 aromatic rings. The van der Waals surface area contributed by atoms with Gasteiger partial charge in [0.15, 0.2) is 0 Å². The summed E-state index contributed by atoms with van der Waals surface area (Å²) in [6.07, 6.45) is 6.89. The standard InChI is InChI=1S/C18H28N2O/c1-3-4-5-6-10-14-21-15-13-18(16-19,20-2)17-11-8-7-9-12-17/h7-9,11-12,20H,3-6,10,13-15H2,1-2H3. The van der Waals surface area contributed by atoms with Gasteiger partial charge in [-0.1, -0.05) is 62.9 Å². The molecule has 21 heavy (non-hydrogen) atoms. The van der Waals surface area contributed by atoms with E-state index in [-0.39, 0.29) is 0 Å². The summed E-state index contributed by atoms with van der Waals surface area (Å²) in [7, 11) is 1.83. The molecule has 116 valence electrons. The highest BCUT2D eigenvalue weighted by Crippen LogP contribution is 2.23. The lowest BCUT2D eigenvalue weighted by Crippen LogP contribution is -2.39. The van der Waals surface area contributed by atoms with Crippen LogP contribution in [0.5, 0.6) is 0 Å². The highest BCUT2D eigenvalue weighted by molar-refractivity contribution is 5.31. The van der Waals surface area contributed by atoms with Crippen molar-refractivity contribution in [1.29, 1.82) is 5.26 Å². The quantitative estimate of drug-likeness (QED) is 0.626. The van der Waals surface area contributed by atoms with Crippen LogP contribution in [0.2, 0.25) is 0 Å². The smallest absolute Gasteiger partial charge is 0.134 e. The second-order valence-electron chi connectivity index (χ2n) is 5.41. The van der Waals surface area contributed by atoms with Crippen molar-refractivity contribution in [3.63, 3.8) is 0 Å². The summed E-state index contributed by atoms with van der Waals surface area (Å²) in [6, 6.07) is 12.3. The summed E-state index contributed by atoms with van der Waals surface area (Å²) >= 11 is 0. The molecule has 0 radical (unpaired) electrons. The highest BCUT2D eigenvalue weighted by atomic mass is 16.5. The lowest BCUT2D eigenvalue weighted by Gasteiger charge is -2.26. The summed E-state index contributed by atoms with van der Waals surface area (Å²) in [4.78, 5) is 0. The molecule has 0 bridgehead atoms. The normalized spacial score (nSPS) is 13.6. The number of hydrogen-bond acceptors (Lipinski definition) is 3. The maximum absolute atomic E-state index is 9.56. The maximum atomic E-state index is 9.56. The number of rotatable bonds is 11. The molecule has 0 aliphatic rings. The first-order chi connectivity index (χ1) is 10.3. The van der Waals surface area contributed by atoms with Gasteiger partial charge in [-0.2, -0.15) is 5.26 Å². The Morgan fingerprint density at radius 3 is 2.43 bits per heavy atom. The first-order valence-corrected chi connectivity index (χ1v) is 8.02. The van der Waals surface area contributed by atoms with E-state index in [4.69, 9.17) is 4.74 Å². The van der Waals surface area contributed by atoms with Crippen LogP contribution in [-0.4, -0.2) is 20.3 Å². The second-order valence-corrected chi connectivity index (χ2v) is 5.41. The Morgan fingerprint density at radius 1 is 1.10 bits per heavy atom. The van der Waals surface area contributed by atoms with Crippen molar-refractivity contribution < 1.29 is 4.74 Å². The Hall–Kier alpha value is -1.37. The number of ether oxygens (including phenoxy) is 1. The number of unbranched alkanes of at least 4 members (excludes halogenated alkanes) is 4. The van der Waals surface area contributed by atoms with E-state index in [1.807, 2.05) is 37.4 Å². The van der Waals surface area contributed by atoms with E-state index in [1.54, 1.807) is 0 Å². The van der Waals surface area contributed by atoms with Gasteiger partial charge in [0.2, 0.25) is 0 Å². The van der Waals surface area contributed by atoms with Gasteiger partial charge in [0.1, 0.15) is 5.54 Å². The SMILES string of the molecule is CCCCCCCOCCC(C#N)(NC)c1ccccc1. The predicted molar refractivity (Wildman–Crippen MR) is 87.0 cm³/mol. The van der Waals surface area contributed by atoms with Gasteiger partial charge < -0.3 is 4.74 Å². The molecule has 0 amide bonds. The van der Waals surface area contributed by atoms with Gasteiger partial charge in [0.05, 0.1) is 6.07 Å². The lowest BCUT2D eigenvalue weighted by molar-refractivity contribution is 0.113. The van der Waals surface area contributed by atoms with Crippen LogP contribution in [0.15, 0.2) is 30.3 Å². The number of nitrogens with zero attached hydrogens (tertiary/aromatic N) is 1. The Balaban J connectivity index is 2.35. The van der Waals surface area contributed by atoms with Crippen molar-refractivity contribution in [2.45, 2.75) is 51.0 Å². The highest BCUT2D eigenvalue weighted by Gasteiger charge is 2.29. The van der Waals surface area contributed by atoms with Gasteiger partial charge in [-0.25, -0.2) is 0 Å². The molecule has 0 saturated heterocycles. The molecule has 1 aromatic carbocycles. The largest absolute Gasteiger partial charge is 0.381 e. The zero-order valence-corrected chi connectivity index (χ0v) is 13.4. The number of hydrogen-bond donors (Lipinski definition) is 1. The molecule has 0 saturated carbocycles. The Bertz CT molecular complexity index is 413. The summed E-state index contributed by atoms with van der Waals surface area (Å²) in [5.74, 6) is 0. The van der Waals surface area contributed by atoms with Gasteiger partial charge in [-0.05, 0) is 19.0 Å². The molecule has 0 aromatic heterocycles. The van der Waals surface area contributed by atoms with Crippen molar-refractivity contribution in [2.24, 2.45) is 0 Å². The monoisotopic (exact) mass is 288 g/mol. The first kappa shape index (κ1) is 17.7. The van der Waals surface area contributed by atoms with Gasteiger partial charge in [-0.3, -0.25) is 5.32 Å². The topological polar surface area (TPSA) is 45.0 Å². The Kier molecular flexibility index (Phi) is 8.73. The van der Waals surface area contributed by atoms with E-state index in [9.17, 15) is 5.26 Å². The fourth-order valence-electron chi connectivity index (χ4n) is 2.45. The number of nitrogens with one attached hydrogen (secondary N) is 1. The molecular formula is C18H28N2O. The van der Waals surface area contributed by atoms with Crippen molar-refractivity contribution in [3.05, 3.63) is 35.9 Å². The van der Waals surface area contributed by atoms with Crippen LogP contribution < -0.4 is 5.32 Å². The number of nitriles is 1. The van der Waals surface area contributed by atoms with E-state index in [0.717, 1.165) is 18.6 Å². The van der Waals surface area contributed by atoms with E-state index in [0.29, 0.717) is 13.0 Å². The molecule has 0 heterocycles. The molecule has 1 unspecified atom stereocenters. The van der Waals surface area contributed by atoms with Crippen LogP contribution >= 0.6 is 0 Å². The van der Waals surface area contributed by atoms with Crippen LogP contribution in [0.1, 0.15) is 51.0 Å². The predicted octanol–water partition coefficient (Wildman–Crippen LogP) is 4.00. The lowest BCUT2D eigenvalue weighted by atomic mass is 9.88. The third-order valence-electron chi connectivity index (χ3n) is 3.90. The van der Waals surface area contributed by atoms with Crippen molar-refractivity contribution in [3.8, 4) is 6.07 Å². The molecular weight excluding hydrogens is 260 g/mol. The third kappa shape index (κ3) is 5.87. The fraction of sp³-hybridized carbons (Fsp3) is 0.611. The van der Waals surface area contributed by atoms with Gasteiger partial charge >= 0.3 is 0 Å². The average molecular weight is 288 g/mol. The molecule has 3 nitrogen and oxygen atoms in total. The molecule has 1 N–H and O–H groups in total. The number of benzene rings is 1. The van der Waals surface area contributed by atoms with Crippen molar-refractivity contribution in [1.82, 2.24) is 5.32 Å². The summed E-state index contributed by atoms with van der Waals surface area (Å²) < 4.78 is 5.70. The summed E-state index contributed by atoms with van der Waals surface area (Å²) in [5.41, 5.74) is 0.352. The molecule has 0 fully saturated rings.